The number of nitrogens with two attached hydrogens (primary N) is 1. The molecule has 0 unspecified atom stereocenters. The van der Waals surface area contributed by atoms with Crippen LogP contribution in [0.4, 0.5) is 4.39 Å². The van der Waals surface area contributed by atoms with Gasteiger partial charge in [0.1, 0.15) is 10.7 Å². The summed E-state index contributed by atoms with van der Waals surface area (Å²) in [6, 6.07) is 1.60. The summed E-state index contributed by atoms with van der Waals surface area (Å²) >= 11 is 5.59. The van der Waals surface area contributed by atoms with Crippen LogP contribution in [0.2, 0.25) is 5.02 Å². The second-order valence-electron chi connectivity index (χ2n) is 3.92. The van der Waals surface area contributed by atoms with E-state index in [0.29, 0.717) is 6.54 Å². The molecule has 8 heteroatoms. The molecule has 1 aromatic carbocycles. The number of halogens is 2. The highest BCUT2D eigenvalue weighted by Gasteiger charge is 2.20. The molecule has 0 aliphatic carbocycles. The SMILES string of the molecule is CCCCNC(=O)c1cc(S(N)(=O)=O)c(Cl)cc1F. The van der Waals surface area contributed by atoms with Crippen LogP contribution >= 0.6 is 11.6 Å². The molecule has 0 bridgehead atoms. The van der Waals surface area contributed by atoms with Crippen LogP contribution in [0.15, 0.2) is 17.0 Å². The molecule has 5 nitrogen and oxygen atoms in total. The van der Waals surface area contributed by atoms with Crippen molar-refractivity contribution in [1.29, 1.82) is 0 Å². The van der Waals surface area contributed by atoms with E-state index in [1.807, 2.05) is 6.92 Å². The quantitative estimate of drug-likeness (QED) is 0.811. The standard InChI is InChI=1S/C11H14ClFN2O3S/c1-2-3-4-15-11(16)7-5-10(19(14,17)18)8(12)6-9(7)13/h5-6H,2-4H2,1H3,(H,15,16)(H2,14,17,18). The summed E-state index contributed by atoms with van der Waals surface area (Å²) in [7, 11) is -4.11. The van der Waals surface area contributed by atoms with Crippen molar-refractivity contribution in [2.75, 3.05) is 6.54 Å². The monoisotopic (exact) mass is 308 g/mol. The van der Waals surface area contributed by atoms with E-state index in [1.165, 1.54) is 0 Å². The maximum atomic E-state index is 13.6. The van der Waals surface area contributed by atoms with Gasteiger partial charge in [-0.1, -0.05) is 24.9 Å². The van der Waals surface area contributed by atoms with Gasteiger partial charge < -0.3 is 5.32 Å². The fraction of sp³-hybridized carbons (Fsp3) is 0.364. The van der Waals surface area contributed by atoms with Gasteiger partial charge in [-0.2, -0.15) is 0 Å². The van der Waals surface area contributed by atoms with E-state index in [9.17, 15) is 17.6 Å². The van der Waals surface area contributed by atoms with Gasteiger partial charge in [0.25, 0.3) is 5.91 Å². The van der Waals surface area contributed by atoms with Crippen LogP contribution in [0.5, 0.6) is 0 Å². The predicted octanol–water partition coefficient (Wildman–Crippen LogP) is 1.66. The number of carbonyl (C=O) groups is 1. The van der Waals surface area contributed by atoms with Crippen molar-refractivity contribution in [3.8, 4) is 0 Å². The van der Waals surface area contributed by atoms with Gasteiger partial charge in [-0.15, -0.1) is 0 Å². The van der Waals surface area contributed by atoms with Crippen LogP contribution < -0.4 is 10.5 Å². The van der Waals surface area contributed by atoms with Crippen molar-refractivity contribution < 1.29 is 17.6 Å². The number of hydrogen-bond acceptors (Lipinski definition) is 3. The summed E-state index contributed by atoms with van der Waals surface area (Å²) in [5, 5.41) is 7.06. The lowest BCUT2D eigenvalue weighted by Gasteiger charge is -2.08. The summed E-state index contributed by atoms with van der Waals surface area (Å²) < 4.78 is 36.1. The molecule has 3 N–H and O–H groups in total. The van der Waals surface area contributed by atoms with Crippen LogP contribution in [0.25, 0.3) is 0 Å². The lowest BCUT2D eigenvalue weighted by atomic mass is 10.2. The number of primary sulfonamides is 1. The van der Waals surface area contributed by atoms with Crippen molar-refractivity contribution in [2.45, 2.75) is 24.7 Å². The zero-order chi connectivity index (χ0) is 14.6. The van der Waals surface area contributed by atoms with Gasteiger partial charge in [0.15, 0.2) is 0 Å². The molecular weight excluding hydrogens is 295 g/mol. The van der Waals surface area contributed by atoms with Gasteiger partial charge >= 0.3 is 0 Å². The fourth-order valence-electron chi connectivity index (χ4n) is 1.40. The van der Waals surface area contributed by atoms with Gasteiger partial charge in [0, 0.05) is 6.54 Å². The van der Waals surface area contributed by atoms with Gasteiger partial charge in [-0.05, 0) is 18.6 Å². The first kappa shape index (κ1) is 15.9. The minimum absolute atomic E-state index is 0.356. The first-order valence-electron chi connectivity index (χ1n) is 5.57. The molecule has 0 spiro atoms. The molecule has 0 aliphatic heterocycles. The predicted molar refractivity (Wildman–Crippen MR) is 70.0 cm³/mol. The number of nitrogens with one attached hydrogen (secondary N) is 1. The Labute approximate surface area is 116 Å². The van der Waals surface area contributed by atoms with E-state index in [-0.39, 0.29) is 5.02 Å². The topological polar surface area (TPSA) is 89.3 Å². The molecule has 0 fully saturated rings. The molecule has 106 valence electrons. The molecule has 1 amide bonds. The molecule has 0 aromatic heterocycles. The number of amides is 1. The summed E-state index contributed by atoms with van der Waals surface area (Å²) in [6.07, 6.45) is 1.61. The first-order chi connectivity index (χ1) is 8.77. The summed E-state index contributed by atoms with van der Waals surface area (Å²) in [6.45, 7) is 2.32. The van der Waals surface area contributed by atoms with E-state index in [1.54, 1.807) is 0 Å². The summed E-state index contributed by atoms with van der Waals surface area (Å²) in [5.74, 6) is -1.60. The Bertz CT molecular complexity index is 590. The van der Waals surface area contributed by atoms with E-state index in [2.05, 4.69) is 5.32 Å². The van der Waals surface area contributed by atoms with Crippen LogP contribution in [-0.4, -0.2) is 20.9 Å². The molecule has 1 aromatic rings. The molecule has 1 rings (SSSR count). The third-order valence-electron chi connectivity index (χ3n) is 2.39. The highest BCUT2D eigenvalue weighted by Crippen LogP contribution is 2.24. The van der Waals surface area contributed by atoms with Crippen LogP contribution in [0, 0.1) is 5.82 Å². The van der Waals surface area contributed by atoms with Gasteiger partial charge in [0.05, 0.1) is 10.6 Å². The Balaban J connectivity index is 3.11. The van der Waals surface area contributed by atoms with Crippen molar-refractivity contribution in [1.82, 2.24) is 5.32 Å². The Morgan fingerprint density at radius 2 is 2.11 bits per heavy atom. The number of sulfonamides is 1. The number of rotatable bonds is 5. The molecule has 0 saturated heterocycles. The minimum atomic E-state index is -4.11. The summed E-state index contributed by atoms with van der Waals surface area (Å²) in [4.78, 5) is 11.2. The summed E-state index contributed by atoms with van der Waals surface area (Å²) in [5.41, 5.74) is -0.399. The normalized spacial score (nSPS) is 11.4. The largest absolute Gasteiger partial charge is 0.352 e. The van der Waals surface area contributed by atoms with Crippen molar-refractivity contribution in [3.63, 3.8) is 0 Å². The zero-order valence-electron chi connectivity index (χ0n) is 10.2. The molecule has 0 aliphatic rings. The van der Waals surface area contributed by atoms with Crippen molar-refractivity contribution in [3.05, 3.63) is 28.5 Å². The molecule has 19 heavy (non-hydrogen) atoms. The Kier molecular flexibility index (Phi) is 5.28. The second kappa shape index (κ2) is 6.31. The minimum Gasteiger partial charge on any atom is -0.352 e. The average molecular weight is 309 g/mol. The number of benzene rings is 1. The molecular formula is C11H14ClFN2O3S. The van der Waals surface area contributed by atoms with Crippen molar-refractivity contribution >= 4 is 27.5 Å². The van der Waals surface area contributed by atoms with Gasteiger partial charge in [0.2, 0.25) is 10.0 Å². The third-order valence-corrected chi connectivity index (χ3v) is 3.76. The smallest absolute Gasteiger partial charge is 0.254 e. The van der Waals surface area contributed by atoms with E-state index in [0.717, 1.165) is 25.0 Å². The maximum Gasteiger partial charge on any atom is 0.254 e. The maximum absolute atomic E-state index is 13.6. The average Bonchev–Trinajstić information content (AvgIpc) is 2.27. The lowest BCUT2D eigenvalue weighted by molar-refractivity contribution is 0.0949. The molecule has 0 atom stereocenters. The number of hydrogen-bond donors (Lipinski definition) is 2. The van der Waals surface area contributed by atoms with Gasteiger partial charge in [-0.3, -0.25) is 4.79 Å². The Morgan fingerprint density at radius 1 is 1.47 bits per heavy atom. The van der Waals surface area contributed by atoms with E-state index >= 15 is 0 Å². The third kappa shape index (κ3) is 4.15. The Hall–Kier alpha value is -1.18. The number of unbranched alkanes of at least 4 members (excludes halogenated alkanes) is 1. The van der Waals surface area contributed by atoms with Crippen LogP contribution in [0.3, 0.4) is 0 Å². The number of carbonyl (C=O) groups excluding carboxylic acids is 1. The van der Waals surface area contributed by atoms with Crippen LogP contribution in [-0.2, 0) is 10.0 Å². The first-order valence-corrected chi connectivity index (χ1v) is 7.49. The van der Waals surface area contributed by atoms with E-state index < -0.39 is 32.2 Å². The zero-order valence-corrected chi connectivity index (χ0v) is 11.8. The molecule has 0 heterocycles. The lowest BCUT2D eigenvalue weighted by Crippen LogP contribution is -2.26. The highest BCUT2D eigenvalue weighted by molar-refractivity contribution is 7.89. The van der Waals surface area contributed by atoms with Gasteiger partial charge in [-0.25, -0.2) is 17.9 Å². The van der Waals surface area contributed by atoms with E-state index in [4.69, 9.17) is 16.7 Å². The fourth-order valence-corrected chi connectivity index (χ4v) is 2.48. The second-order valence-corrected chi connectivity index (χ2v) is 5.85. The Morgan fingerprint density at radius 3 is 2.63 bits per heavy atom. The highest BCUT2D eigenvalue weighted by atomic mass is 35.5. The molecule has 0 radical (unpaired) electrons. The van der Waals surface area contributed by atoms with Crippen LogP contribution in [0.1, 0.15) is 30.1 Å². The molecule has 0 saturated carbocycles. The van der Waals surface area contributed by atoms with Crippen molar-refractivity contribution in [2.24, 2.45) is 5.14 Å².